The molecule has 1 aliphatic rings. The van der Waals surface area contributed by atoms with E-state index in [4.69, 9.17) is 9.47 Å². The maximum Gasteiger partial charge on any atom is 0.278 e. The first kappa shape index (κ1) is 22.6. The Hall–Kier alpha value is -3.12. The monoisotopic (exact) mass is 422 g/mol. The number of nitrogens with zero attached hydrogens (tertiary/aromatic N) is 1. The van der Waals surface area contributed by atoms with Crippen molar-refractivity contribution in [2.24, 2.45) is 0 Å². The van der Waals surface area contributed by atoms with Crippen LogP contribution >= 0.6 is 0 Å². The number of anilines is 1. The van der Waals surface area contributed by atoms with Gasteiger partial charge in [-0.3, -0.25) is 14.5 Å². The van der Waals surface area contributed by atoms with Gasteiger partial charge in [0.1, 0.15) is 11.4 Å². The summed E-state index contributed by atoms with van der Waals surface area (Å²) >= 11 is 0. The van der Waals surface area contributed by atoms with Gasteiger partial charge in [-0.05, 0) is 62.9 Å². The number of methoxy groups -OCH3 is 1. The molecule has 2 amide bonds. The molecule has 6 heteroatoms. The SMILES string of the molecule is COc1ccccc1NC1=C(c2ccc(C)c(C)c2)C(=O)N(CCCOC(C)C)C1=O. The van der Waals surface area contributed by atoms with E-state index in [9.17, 15) is 9.59 Å². The molecular formula is C25H30N2O4. The van der Waals surface area contributed by atoms with Gasteiger partial charge in [-0.1, -0.05) is 30.3 Å². The third kappa shape index (κ3) is 4.97. The molecule has 0 spiro atoms. The van der Waals surface area contributed by atoms with Crippen molar-refractivity contribution in [2.75, 3.05) is 25.6 Å². The summed E-state index contributed by atoms with van der Waals surface area (Å²) in [6.07, 6.45) is 0.689. The normalized spacial score (nSPS) is 14.1. The topological polar surface area (TPSA) is 67.9 Å². The maximum absolute atomic E-state index is 13.3. The van der Waals surface area contributed by atoms with Crippen LogP contribution in [0.15, 0.2) is 48.2 Å². The Kier molecular flexibility index (Phi) is 7.13. The largest absolute Gasteiger partial charge is 0.495 e. The van der Waals surface area contributed by atoms with E-state index < -0.39 is 0 Å². The number of rotatable bonds is 9. The number of nitrogens with one attached hydrogen (secondary N) is 1. The van der Waals surface area contributed by atoms with Gasteiger partial charge in [0.2, 0.25) is 0 Å². The Bertz CT molecular complexity index is 1010. The van der Waals surface area contributed by atoms with E-state index in [2.05, 4.69) is 5.32 Å². The fourth-order valence-electron chi connectivity index (χ4n) is 3.48. The first-order valence-electron chi connectivity index (χ1n) is 10.5. The lowest BCUT2D eigenvalue weighted by Crippen LogP contribution is -2.34. The minimum Gasteiger partial charge on any atom is -0.495 e. The molecule has 0 aliphatic carbocycles. The minimum absolute atomic E-state index is 0.108. The summed E-state index contributed by atoms with van der Waals surface area (Å²) < 4.78 is 11.0. The third-order valence-electron chi connectivity index (χ3n) is 5.31. The number of hydrogen-bond donors (Lipinski definition) is 1. The Balaban J connectivity index is 1.97. The third-order valence-corrected chi connectivity index (χ3v) is 5.31. The Morgan fingerprint density at radius 3 is 2.42 bits per heavy atom. The molecule has 3 rings (SSSR count). The molecule has 31 heavy (non-hydrogen) atoms. The quantitative estimate of drug-likeness (QED) is 0.482. The summed E-state index contributed by atoms with van der Waals surface area (Å²) in [6.45, 7) is 8.72. The number of aryl methyl sites for hydroxylation is 2. The van der Waals surface area contributed by atoms with Crippen LogP contribution in [0.1, 0.15) is 37.0 Å². The van der Waals surface area contributed by atoms with Crippen LogP contribution < -0.4 is 10.1 Å². The highest BCUT2D eigenvalue weighted by Gasteiger charge is 2.39. The Morgan fingerprint density at radius 2 is 1.74 bits per heavy atom. The lowest BCUT2D eigenvalue weighted by Gasteiger charge is -2.16. The summed E-state index contributed by atoms with van der Waals surface area (Å²) in [5.74, 6) is -0.0395. The molecule has 1 heterocycles. The van der Waals surface area contributed by atoms with E-state index in [0.29, 0.717) is 36.6 Å². The zero-order valence-corrected chi connectivity index (χ0v) is 18.8. The van der Waals surface area contributed by atoms with Crippen LogP contribution in [-0.4, -0.2) is 43.1 Å². The predicted molar refractivity (Wildman–Crippen MR) is 122 cm³/mol. The second-order valence-electron chi connectivity index (χ2n) is 7.91. The van der Waals surface area contributed by atoms with Gasteiger partial charge < -0.3 is 14.8 Å². The molecule has 0 saturated heterocycles. The first-order valence-corrected chi connectivity index (χ1v) is 10.5. The molecule has 1 N–H and O–H groups in total. The molecule has 0 unspecified atom stereocenters. The van der Waals surface area contributed by atoms with Gasteiger partial charge in [0.25, 0.3) is 11.8 Å². The summed E-state index contributed by atoms with van der Waals surface area (Å²) in [4.78, 5) is 27.9. The van der Waals surface area contributed by atoms with Gasteiger partial charge in [0, 0.05) is 13.2 Å². The molecule has 0 bridgehead atoms. The van der Waals surface area contributed by atoms with E-state index >= 15 is 0 Å². The van der Waals surface area contributed by atoms with Crippen LogP contribution in [0.3, 0.4) is 0 Å². The number of carbonyl (C=O) groups excluding carboxylic acids is 2. The minimum atomic E-state index is -0.339. The van der Waals surface area contributed by atoms with Gasteiger partial charge in [0.05, 0.1) is 24.5 Å². The predicted octanol–water partition coefficient (Wildman–Crippen LogP) is 4.32. The van der Waals surface area contributed by atoms with E-state index in [1.807, 2.05) is 64.1 Å². The molecule has 0 saturated carbocycles. The fraction of sp³-hybridized carbons (Fsp3) is 0.360. The Morgan fingerprint density at radius 1 is 1.00 bits per heavy atom. The molecule has 164 valence electrons. The van der Waals surface area contributed by atoms with Crippen molar-refractivity contribution >= 4 is 23.1 Å². The average molecular weight is 423 g/mol. The van der Waals surface area contributed by atoms with Crippen molar-refractivity contribution in [3.63, 3.8) is 0 Å². The number of benzene rings is 2. The number of ether oxygens (including phenoxy) is 2. The van der Waals surface area contributed by atoms with Crippen LogP contribution in [0, 0.1) is 13.8 Å². The second kappa shape index (κ2) is 9.79. The molecule has 2 aromatic carbocycles. The van der Waals surface area contributed by atoms with E-state index in [1.165, 1.54) is 4.90 Å². The van der Waals surface area contributed by atoms with Crippen molar-refractivity contribution in [2.45, 2.75) is 40.2 Å². The van der Waals surface area contributed by atoms with Crippen LogP contribution in [-0.2, 0) is 14.3 Å². The first-order chi connectivity index (χ1) is 14.8. The second-order valence-corrected chi connectivity index (χ2v) is 7.91. The summed E-state index contributed by atoms with van der Waals surface area (Å²) in [5.41, 5.74) is 4.19. The number of carbonyl (C=O) groups is 2. The van der Waals surface area contributed by atoms with Gasteiger partial charge in [-0.15, -0.1) is 0 Å². The summed E-state index contributed by atoms with van der Waals surface area (Å²) in [6, 6.07) is 13.1. The lowest BCUT2D eigenvalue weighted by molar-refractivity contribution is -0.137. The van der Waals surface area contributed by atoms with Crippen molar-refractivity contribution in [3.05, 3.63) is 64.9 Å². The highest BCUT2D eigenvalue weighted by atomic mass is 16.5. The van der Waals surface area contributed by atoms with Crippen molar-refractivity contribution in [3.8, 4) is 5.75 Å². The molecule has 0 fully saturated rings. The van der Waals surface area contributed by atoms with Crippen molar-refractivity contribution in [1.82, 2.24) is 4.90 Å². The van der Waals surface area contributed by atoms with Gasteiger partial charge >= 0.3 is 0 Å². The lowest BCUT2D eigenvalue weighted by atomic mass is 9.99. The van der Waals surface area contributed by atoms with Crippen molar-refractivity contribution < 1.29 is 19.1 Å². The van der Waals surface area contributed by atoms with Gasteiger partial charge in [0.15, 0.2) is 0 Å². The number of para-hydroxylation sites is 2. The van der Waals surface area contributed by atoms with E-state index in [-0.39, 0.29) is 23.6 Å². The molecule has 0 radical (unpaired) electrons. The van der Waals surface area contributed by atoms with Crippen LogP contribution in [0.2, 0.25) is 0 Å². The molecule has 6 nitrogen and oxygen atoms in total. The zero-order chi connectivity index (χ0) is 22.5. The van der Waals surface area contributed by atoms with Gasteiger partial charge in [-0.25, -0.2) is 0 Å². The molecular weight excluding hydrogens is 392 g/mol. The smallest absolute Gasteiger partial charge is 0.278 e. The molecule has 1 aliphatic heterocycles. The number of imide groups is 1. The maximum atomic E-state index is 13.3. The van der Waals surface area contributed by atoms with E-state index in [0.717, 1.165) is 16.7 Å². The highest BCUT2D eigenvalue weighted by Crippen LogP contribution is 2.33. The number of hydrogen-bond acceptors (Lipinski definition) is 5. The Labute approximate surface area is 183 Å². The standard InChI is InChI=1S/C25H30N2O4/c1-16(2)31-14-8-13-27-24(28)22(19-12-11-17(3)18(4)15-19)23(25(27)29)26-20-9-6-7-10-21(20)30-5/h6-7,9-12,15-16,26H,8,13-14H2,1-5H3. The summed E-state index contributed by atoms with van der Waals surface area (Å²) in [5, 5.41) is 3.17. The number of amides is 2. The fourth-order valence-corrected chi connectivity index (χ4v) is 3.48. The molecule has 2 aromatic rings. The highest BCUT2D eigenvalue weighted by molar-refractivity contribution is 6.36. The van der Waals surface area contributed by atoms with Crippen LogP contribution in [0.4, 0.5) is 5.69 Å². The van der Waals surface area contributed by atoms with Gasteiger partial charge in [-0.2, -0.15) is 0 Å². The van der Waals surface area contributed by atoms with E-state index in [1.54, 1.807) is 13.2 Å². The molecule has 0 aromatic heterocycles. The van der Waals surface area contributed by atoms with Crippen molar-refractivity contribution in [1.29, 1.82) is 0 Å². The molecule has 0 atom stereocenters. The van der Waals surface area contributed by atoms with Crippen LogP contribution in [0.25, 0.3) is 5.57 Å². The average Bonchev–Trinajstić information content (AvgIpc) is 2.97. The summed E-state index contributed by atoms with van der Waals surface area (Å²) in [7, 11) is 1.57. The zero-order valence-electron chi connectivity index (χ0n) is 18.8. The van der Waals surface area contributed by atoms with Crippen LogP contribution in [0.5, 0.6) is 5.75 Å².